The minimum atomic E-state index is 1.04. The van der Waals surface area contributed by atoms with E-state index < -0.39 is 0 Å². The van der Waals surface area contributed by atoms with Gasteiger partial charge in [0.05, 0.1) is 0 Å². The molecule has 0 atom stereocenters. The molecule has 0 bridgehead atoms. The molecule has 0 saturated heterocycles. The van der Waals surface area contributed by atoms with E-state index in [1.807, 2.05) is 0 Å². The molecule has 1 aliphatic rings. The van der Waals surface area contributed by atoms with Crippen molar-refractivity contribution < 1.29 is 0 Å². The molecule has 0 unspecified atom stereocenters. The molecule has 3 aromatic rings. The molecule has 21 heavy (non-hydrogen) atoms. The summed E-state index contributed by atoms with van der Waals surface area (Å²) in [6, 6.07) is 24.3. The average Bonchev–Trinajstić information content (AvgIpc) is 2.55. The van der Waals surface area contributed by atoms with Crippen LogP contribution in [0, 0.1) is 0 Å². The second-order valence-corrected chi connectivity index (χ2v) is 5.91. The van der Waals surface area contributed by atoms with Crippen LogP contribution in [-0.2, 0) is 19.5 Å². The largest absolute Gasteiger partial charge is 0.294 e. The molecule has 104 valence electrons. The number of fused-ring (bicyclic) bond motifs is 2. The van der Waals surface area contributed by atoms with Crippen LogP contribution in [0.5, 0.6) is 0 Å². The molecule has 1 aliphatic heterocycles. The molecule has 0 saturated carbocycles. The molecule has 0 aromatic heterocycles. The molecule has 0 spiro atoms. The fourth-order valence-corrected chi connectivity index (χ4v) is 3.28. The van der Waals surface area contributed by atoms with Crippen molar-refractivity contribution in [2.45, 2.75) is 19.5 Å². The van der Waals surface area contributed by atoms with Crippen molar-refractivity contribution in [1.29, 1.82) is 0 Å². The normalized spacial score (nSPS) is 15.0. The third kappa shape index (κ3) is 2.57. The van der Waals surface area contributed by atoms with Gasteiger partial charge in [-0.15, -0.1) is 0 Å². The predicted molar refractivity (Wildman–Crippen MR) is 88.2 cm³/mol. The van der Waals surface area contributed by atoms with Gasteiger partial charge in [0.2, 0.25) is 0 Å². The summed E-state index contributed by atoms with van der Waals surface area (Å²) in [7, 11) is 0. The lowest BCUT2D eigenvalue weighted by molar-refractivity contribution is 0.245. The molecule has 1 heterocycles. The Labute approximate surface area is 125 Å². The van der Waals surface area contributed by atoms with Gasteiger partial charge in [-0.05, 0) is 39.9 Å². The first-order valence-corrected chi connectivity index (χ1v) is 7.65. The Morgan fingerprint density at radius 1 is 0.762 bits per heavy atom. The van der Waals surface area contributed by atoms with E-state index >= 15 is 0 Å². The minimum Gasteiger partial charge on any atom is -0.294 e. The molecule has 4 rings (SSSR count). The van der Waals surface area contributed by atoms with Crippen molar-refractivity contribution in [2.75, 3.05) is 6.54 Å². The predicted octanol–water partition coefficient (Wildman–Crippen LogP) is 4.40. The molecule has 0 amide bonds. The first-order valence-electron chi connectivity index (χ1n) is 7.65. The lowest BCUT2D eigenvalue weighted by atomic mass is 9.99. The summed E-state index contributed by atoms with van der Waals surface area (Å²) >= 11 is 0. The van der Waals surface area contributed by atoms with Gasteiger partial charge in [0.1, 0.15) is 0 Å². The molecule has 0 N–H and O–H groups in total. The third-order valence-corrected chi connectivity index (χ3v) is 4.43. The number of rotatable bonds is 2. The maximum absolute atomic E-state index is 2.55. The summed E-state index contributed by atoms with van der Waals surface area (Å²) < 4.78 is 0. The standard InChI is InChI=1S/C20H19N/c1-3-7-19-13-16(9-10-17(19)5-1)14-21-12-11-18-6-2-4-8-20(18)15-21/h1-10,13H,11-12,14-15H2. The summed E-state index contributed by atoms with van der Waals surface area (Å²) in [6.07, 6.45) is 1.17. The Bertz CT molecular complexity index is 775. The van der Waals surface area contributed by atoms with E-state index in [9.17, 15) is 0 Å². The molecule has 3 aromatic carbocycles. The van der Waals surface area contributed by atoms with E-state index in [1.165, 1.54) is 33.9 Å². The average molecular weight is 273 g/mol. The van der Waals surface area contributed by atoms with Gasteiger partial charge in [-0.3, -0.25) is 4.90 Å². The zero-order valence-electron chi connectivity index (χ0n) is 12.1. The van der Waals surface area contributed by atoms with Gasteiger partial charge >= 0.3 is 0 Å². The second kappa shape index (κ2) is 5.34. The molecule has 0 radical (unpaired) electrons. The number of hydrogen-bond donors (Lipinski definition) is 0. The van der Waals surface area contributed by atoms with Gasteiger partial charge in [-0.25, -0.2) is 0 Å². The van der Waals surface area contributed by atoms with Gasteiger partial charge in [-0.2, -0.15) is 0 Å². The Morgan fingerprint density at radius 3 is 2.43 bits per heavy atom. The summed E-state index contributed by atoms with van der Waals surface area (Å²) in [5, 5.41) is 2.66. The van der Waals surface area contributed by atoms with Gasteiger partial charge in [0.15, 0.2) is 0 Å². The van der Waals surface area contributed by atoms with Crippen LogP contribution in [0.15, 0.2) is 66.7 Å². The minimum absolute atomic E-state index is 1.04. The number of hydrogen-bond acceptors (Lipinski definition) is 1. The topological polar surface area (TPSA) is 3.24 Å². The van der Waals surface area contributed by atoms with Gasteiger partial charge < -0.3 is 0 Å². The van der Waals surface area contributed by atoms with Crippen molar-refractivity contribution in [3.63, 3.8) is 0 Å². The van der Waals surface area contributed by atoms with Crippen LogP contribution in [0.25, 0.3) is 10.8 Å². The fourth-order valence-electron chi connectivity index (χ4n) is 3.28. The van der Waals surface area contributed by atoms with Crippen LogP contribution in [0.1, 0.15) is 16.7 Å². The lowest BCUT2D eigenvalue weighted by Gasteiger charge is -2.28. The highest BCUT2D eigenvalue weighted by molar-refractivity contribution is 5.82. The molecule has 0 aliphatic carbocycles. The van der Waals surface area contributed by atoms with Crippen molar-refractivity contribution in [2.24, 2.45) is 0 Å². The van der Waals surface area contributed by atoms with Gasteiger partial charge in [-0.1, -0.05) is 60.7 Å². The van der Waals surface area contributed by atoms with Gasteiger partial charge in [0, 0.05) is 19.6 Å². The summed E-state index contributed by atoms with van der Waals surface area (Å²) in [5.74, 6) is 0. The Kier molecular flexibility index (Phi) is 3.21. The van der Waals surface area contributed by atoms with E-state index in [4.69, 9.17) is 0 Å². The Balaban J connectivity index is 1.55. The Hall–Kier alpha value is -2.12. The number of nitrogens with zero attached hydrogens (tertiary/aromatic N) is 1. The highest BCUT2D eigenvalue weighted by Crippen LogP contribution is 2.22. The summed E-state index contributed by atoms with van der Waals surface area (Å²) in [6.45, 7) is 3.27. The maximum Gasteiger partial charge on any atom is 0.0240 e. The van der Waals surface area contributed by atoms with E-state index in [0.29, 0.717) is 0 Å². The van der Waals surface area contributed by atoms with E-state index in [-0.39, 0.29) is 0 Å². The fraction of sp³-hybridized carbons (Fsp3) is 0.200. The van der Waals surface area contributed by atoms with Crippen molar-refractivity contribution in [3.8, 4) is 0 Å². The first-order chi connectivity index (χ1) is 10.4. The zero-order chi connectivity index (χ0) is 14.1. The molecule has 1 nitrogen and oxygen atoms in total. The quantitative estimate of drug-likeness (QED) is 0.669. The Morgan fingerprint density at radius 2 is 1.52 bits per heavy atom. The van der Waals surface area contributed by atoms with Crippen molar-refractivity contribution >= 4 is 10.8 Å². The smallest absolute Gasteiger partial charge is 0.0240 e. The zero-order valence-corrected chi connectivity index (χ0v) is 12.1. The molecular weight excluding hydrogens is 254 g/mol. The van der Waals surface area contributed by atoms with Gasteiger partial charge in [0.25, 0.3) is 0 Å². The molecule has 1 heteroatoms. The highest BCUT2D eigenvalue weighted by Gasteiger charge is 2.15. The van der Waals surface area contributed by atoms with Crippen LogP contribution in [0.2, 0.25) is 0 Å². The summed E-state index contributed by atoms with van der Waals surface area (Å²) in [5.41, 5.74) is 4.42. The van der Waals surface area contributed by atoms with Crippen LogP contribution < -0.4 is 0 Å². The van der Waals surface area contributed by atoms with E-state index in [1.54, 1.807) is 0 Å². The van der Waals surface area contributed by atoms with Crippen LogP contribution in [0.4, 0.5) is 0 Å². The third-order valence-electron chi connectivity index (χ3n) is 4.43. The summed E-state index contributed by atoms with van der Waals surface area (Å²) in [4.78, 5) is 2.55. The van der Waals surface area contributed by atoms with Crippen molar-refractivity contribution in [3.05, 3.63) is 83.4 Å². The first kappa shape index (κ1) is 12.6. The van der Waals surface area contributed by atoms with Crippen LogP contribution in [-0.4, -0.2) is 11.4 Å². The monoisotopic (exact) mass is 273 g/mol. The molecular formula is C20H19N. The number of benzene rings is 3. The van der Waals surface area contributed by atoms with Crippen molar-refractivity contribution in [1.82, 2.24) is 4.90 Å². The second-order valence-electron chi connectivity index (χ2n) is 5.91. The lowest BCUT2D eigenvalue weighted by Crippen LogP contribution is -2.29. The molecule has 0 fully saturated rings. The van der Waals surface area contributed by atoms with Crippen LogP contribution >= 0.6 is 0 Å². The van der Waals surface area contributed by atoms with Crippen LogP contribution in [0.3, 0.4) is 0 Å². The SMILES string of the molecule is c1ccc2c(c1)CCN(Cc1ccc3ccccc3c1)C2. The maximum atomic E-state index is 2.55. The van der Waals surface area contributed by atoms with E-state index in [0.717, 1.165) is 19.6 Å². The van der Waals surface area contributed by atoms with E-state index in [2.05, 4.69) is 71.6 Å². The highest BCUT2D eigenvalue weighted by atomic mass is 15.1.